The van der Waals surface area contributed by atoms with E-state index in [1.807, 2.05) is 0 Å². The first-order chi connectivity index (χ1) is 12.0. The Labute approximate surface area is 154 Å². The summed E-state index contributed by atoms with van der Waals surface area (Å²) in [6, 6.07) is 15.9. The lowest BCUT2D eigenvalue weighted by Crippen LogP contribution is -2.48. The maximum absolute atomic E-state index is 12.3. The smallest absolute Gasteiger partial charge is 0.336 e. The van der Waals surface area contributed by atoms with Crippen LogP contribution in [0.1, 0.15) is 41.5 Å². The molecule has 0 fully saturated rings. The molecule has 4 heteroatoms. The highest BCUT2D eigenvalue weighted by Crippen LogP contribution is 2.25. The van der Waals surface area contributed by atoms with Gasteiger partial charge in [0.25, 0.3) is 0 Å². The Hall–Kier alpha value is -1.14. The summed E-state index contributed by atoms with van der Waals surface area (Å²) in [5, 5.41) is 3.95. The summed E-state index contributed by atoms with van der Waals surface area (Å²) >= 11 is 0. The van der Waals surface area contributed by atoms with E-state index in [4.69, 9.17) is 4.42 Å². The van der Waals surface area contributed by atoms with Crippen LogP contribution in [-0.4, -0.2) is 16.1 Å². The molecule has 1 aromatic carbocycles. The summed E-state index contributed by atoms with van der Waals surface area (Å²) in [6.07, 6.45) is 0. The van der Waals surface area contributed by atoms with Crippen molar-refractivity contribution in [1.82, 2.24) is 0 Å². The molecule has 0 bridgehead atoms. The van der Waals surface area contributed by atoms with Gasteiger partial charge in [0, 0.05) is 11.5 Å². The summed E-state index contributed by atoms with van der Waals surface area (Å²) in [6.45, 7) is 13.8. The molecule has 0 atom stereocenters. The van der Waals surface area contributed by atoms with Crippen molar-refractivity contribution in [3.8, 4) is 0 Å². The zero-order chi connectivity index (χ0) is 18.7. The van der Waals surface area contributed by atoms with Gasteiger partial charge in [-0.1, -0.05) is 95.1 Å². The second-order valence-corrected chi connectivity index (χ2v) is 17.9. The molecule has 0 aliphatic heterocycles. The van der Waals surface area contributed by atoms with Gasteiger partial charge in [-0.3, -0.25) is 0 Å². The normalized spacial score (nSPS) is 12.7. The van der Waals surface area contributed by atoms with Crippen molar-refractivity contribution in [3.05, 3.63) is 34.7 Å². The average Bonchev–Trinajstić information content (AvgIpc) is 2.65. The molecule has 138 valence electrons. The molecule has 1 heterocycles. The van der Waals surface area contributed by atoms with Gasteiger partial charge in [0.15, 0.2) is 0 Å². The standard InChI is InChI=1S/C21H34O2Si2/c1-7-24(8-2,9-3)17-13-14-18-19(15-17)23-21(22)16-20(18)25(10-4,11-5)12-6/h13-16H,7-12H2,1-6H3. The fraction of sp³-hybridized carbons (Fsp3) is 0.571. The molecular weight excluding hydrogens is 340 g/mol. The molecule has 0 aliphatic rings. The third kappa shape index (κ3) is 3.43. The monoisotopic (exact) mass is 374 g/mol. The van der Waals surface area contributed by atoms with Crippen LogP contribution < -0.4 is 16.0 Å². The van der Waals surface area contributed by atoms with E-state index >= 15 is 0 Å². The van der Waals surface area contributed by atoms with Gasteiger partial charge in [-0.15, -0.1) is 0 Å². The second-order valence-electron chi connectivity index (χ2n) is 7.37. The molecule has 0 radical (unpaired) electrons. The van der Waals surface area contributed by atoms with E-state index in [0.29, 0.717) is 0 Å². The Morgan fingerprint density at radius 1 is 0.760 bits per heavy atom. The lowest BCUT2D eigenvalue weighted by atomic mass is 10.2. The largest absolute Gasteiger partial charge is 0.423 e. The topological polar surface area (TPSA) is 30.2 Å². The number of hydrogen-bond donors (Lipinski definition) is 0. The van der Waals surface area contributed by atoms with E-state index in [2.05, 4.69) is 59.7 Å². The minimum Gasteiger partial charge on any atom is -0.423 e. The highest BCUT2D eigenvalue weighted by Gasteiger charge is 2.33. The van der Waals surface area contributed by atoms with E-state index in [0.717, 1.165) is 5.58 Å². The van der Waals surface area contributed by atoms with E-state index in [-0.39, 0.29) is 5.63 Å². The molecule has 0 spiro atoms. The molecule has 0 saturated carbocycles. The van der Waals surface area contributed by atoms with Gasteiger partial charge in [0.2, 0.25) is 0 Å². The fourth-order valence-electron chi connectivity index (χ4n) is 4.62. The van der Waals surface area contributed by atoms with Gasteiger partial charge in [-0.25, -0.2) is 4.79 Å². The maximum atomic E-state index is 12.3. The van der Waals surface area contributed by atoms with Crippen LogP contribution in [0.5, 0.6) is 0 Å². The van der Waals surface area contributed by atoms with Crippen LogP contribution in [0, 0.1) is 0 Å². The quantitative estimate of drug-likeness (QED) is 0.468. The Balaban J connectivity index is 2.76. The Morgan fingerprint density at radius 2 is 1.28 bits per heavy atom. The molecule has 0 aliphatic carbocycles. The van der Waals surface area contributed by atoms with Crippen molar-refractivity contribution in [2.45, 2.75) is 77.8 Å². The predicted octanol–water partition coefficient (Wildman–Crippen LogP) is 5.22. The van der Waals surface area contributed by atoms with Crippen LogP contribution in [0.2, 0.25) is 36.3 Å². The highest BCUT2D eigenvalue weighted by molar-refractivity contribution is 6.93. The molecule has 2 nitrogen and oxygen atoms in total. The van der Waals surface area contributed by atoms with Crippen LogP contribution >= 0.6 is 0 Å². The van der Waals surface area contributed by atoms with Crippen LogP contribution in [0.25, 0.3) is 11.0 Å². The zero-order valence-corrected chi connectivity index (χ0v) is 18.9. The molecule has 0 N–H and O–H groups in total. The van der Waals surface area contributed by atoms with Crippen molar-refractivity contribution in [2.24, 2.45) is 0 Å². The number of hydrogen-bond acceptors (Lipinski definition) is 2. The van der Waals surface area contributed by atoms with Gasteiger partial charge in [-0.05, 0) is 11.3 Å². The lowest BCUT2D eigenvalue weighted by Gasteiger charge is -2.31. The molecule has 0 unspecified atom stereocenters. The summed E-state index contributed by atoms with van der Waals surface area (Å²) in [5.41, 5.74) is 0.642. The van der Waals surface area contributed by atoms with E-state index in [9.17, 15) is 4.79 Å². The van der Waals surface area contributed by atoms with E-state index < -0.39 is 16.1 Å². The van der Waals surface area contributed by atoms with Crippen LogP contribution in [0.3, 0.4) is 0 Å². The molecule has 0 amide bonds. The zero-order valence-electron chi connectivity index (χ0n) is 16.9. The van der Waals surface area contributed by atoms with Crippen molar-refractivity contribution < 1.29 is 4.42 Å². The predicted molar refractivity (Wildman–Crippen MR) is 116 cm³/mol. The third-order valence-electron chi connectivity index (χ3n) is 6.99. The van der Waals surface area contributed by atoms with E-state index in [1.54, 1.807) is 6.07 Å². The first-order valence-electron chi connectivity index (χ1n) is 10.0. The molecular formula is C21H34O2Si2. The van der Waals surface area contributed by atoms with E-state index in [1.165, 1.54) is 52.0 Å². The summed E-state index contributed by atoms with van der Waals surface area (Å²) in [5.74, 6) is 0. The lowest BCUT2D eigenvalue weighted by molar-refractivity contribution is 0.562. The average molecular weight is 375 g/mol. The Morgan fingerprint density at radius 3 is 1.76 bits per heavy atom. The first kappa shape index (κ1) is 20.2. The van der Waals surface area contributed by atoms with Crippen molar-refractivity contribution in [3.63, 3.8) is 0 Å². The first-order valence-corrected chi connectivity index (χ1v) is 15.3. The van der Waals surface area contributed by atoms with Crippen LogP contribution in [-0.2, 0) is 0 Å². The second kappa shape index (κ2) is 8.04. The fourth-order valence-corrected chi connectivity index (χ4v) is 12.1. The summed E-state index contributed by atoms with van der Waals surface area (Å²) in [7, 11) is -3.09. The van der Waals surface area contributed by atoms with Gasteiger partial charge >= 0.3 is 5.63 Å². The number of benzene rings is 1. The number of fused-ring (bicyclic) bond motifs is 1. The maximum Gasteiger partial charge on any atom is 0.336 e. The minimum atomic E-state index is -1.63. The van der Waals surface area contributed by atoms with Crippen molar-refractivity contribution >= 4 is 37.5 Å². The SMILES string of the molecule is CC[Si](CC)(CC)c1ccc2c([Si](CC)(CC)CC)cc(=O)oc2c1. The van der Waals surface area contributed by atoms with Crippen LogP contribution in [0.4, 0.5) is 0 Å². The minimum absolute atomic E-state index is 0.177. The Kier molecular flexibility index (Phi) is 6.49. The molecule has 25 heavy (non-hydrogen) atoms. The van der Waals surface area contributed by atoms with Gasteiger partial charge < -0.3 is 4.42 Å². The molecule has 0 saturated heterocycles. The number of rotatable bonds is 8. The molecule has 2 rings (SSSR count). The van der Waals surface area contributed by atoms with Crippen molar-refractivity contribution in [1.29, 1.82) is 0 Å². The van der Waals surface area contributed by atoms with Gasteiger partial charge in [0.1, 0.15) is 5.58 Å². The highest BCUT2D eigenvalue weighted by atomic mass is 28.3. The van der Waals surface area contributed by atoms with Crippen LogP contribution in [0.15, 0.2) is 33.5 Å². The summed E-state index contributed by atoms with van der Waals surface area (Å²) < 4.78 is 5.69. The molecule has 1 aromatic heterocycles. The third-order valence-corrected chi connectivity index (χ3v) is 18.2. The van der Waals surface area contributed by atoms with Gasteiger partial charge in [0.05, 0.1) is 16.1 Å². The Bertz CT molecular complexity index is 755. The molecule has 2 aromatic rings. The van der Waals surface area contributed by atoms with Gasteiger partial charge in [-0.2, -0.15) is 0 Å². The van der Waals surface area contributed by atoms with Crippen molar-refractivity contribution in [2.75, 3.05) is 0 Å². The summed E-state index contributed by atoms with van der Waals surface area (Å²) in [4.78, 5) is 12.3.